The standard InChI is InChI=1S/C21H20ClNO6/c22-15-4-2-14(3-5-15)17(24)7-9-21(26)29-13-20(25)23-16-6-8-18-19(12-16)28-11-1-10-27-18/h2-6,8,12H,1,7,9-11,13H2,(H,23,25). The maximum absolute atomic E-state index is 12.0. The van der Waals surface area contributed by atoms with Gasteiger partial charge in [-0.05, 0) is 36.4 Å². The van der Waals surface area contributed by atoms with Gasteiger partial charge >= 0.3 is 5.97 Å². The zero-order valence-electron chi connectivity index (χ0n) is 15.6. The van der Waals surface area contributed by atoms with Crippen molar-refractivity contribution in [3.05, 3.63) is 53.1 Å². The van der Waals surface area contributed by atoms with Crippen LogP contribution in [0.4, 0.5) is 5.69 Å². The molecule has 7 nitrogen and oxygen atoms in total. The van der Waals surface area contributed by atoms with E-state index in [1.807, 2.05) is 0 Å². The molecule has 0 spiro atoms. The highest BCUT2D eigenvalue weighted by Crippen LogP contribution is 2.32. The third kappa shape index (κ3) is 6.22. The number of amides is 1. The molecule has 0 aromatic heterocycles. The number of ketones is 1. The number of anilines is 1. The molecule has 1 heterocycles. The highest BCUT2D eigenvalue weighted by molar-refractivity contribution is 6.30. The van der Waals surface area contributed by atoms with Crippen LogP contribution < -0.4 is 14.8 Å². The van der Waals surface area contributed by atoms with Crippen molar-refractivity contribution in [2.24, 2.45) is 0 Å². The number of carbonyl (C=O) groups is 3. The first-order valence-electron chi connectivity index (χ1n) is 9.15. The van der Waals surface area contributed by atoms with Crippen LogP contribution >= 0.6 is 11.6 Å². The molecule has 1 amide bonds. The summed E-state index contributed by atoms with van der Waals surface area (Å²) in [5, 5.41) is 3.16. The lowest BCUT2D eigenvalue weighted by molar-refractivity contribution is -0.147. The SMILES string of the molecule is O=C(COC(=O)CCC(=O)c1ccc(Cl)cc1)Nc1ccc2c(c1)OCCCO2. The van der Waals surface area contributed by atoms with Crippen LogP contribution in [-0.4, -0.2) is 37.5 Å². The molecule has 1 aliphatic heterocycles. The number of rotatable bonds is 7. The van der Waals surface area contributed by atoms with Crippen LogP contribution in [0.2, 0.25) is 5.02 Å². The van der Waals surface area contributed by atoms with Crippen molar-refractivity contribution in [3.8, 4) is 11.5 Å². The molecule has 29 heavy (non-hydrogen) atoms. The highest BCUT2D eigenvalue weighted by Gasteiger charge is 2.14. The number of ether oxygens (including phenoxy) is 3. The Balaban J connectivity index is 1.42. The Morgan fingerprint density at radius 1 is 0.966 bits per heavy atom. The summed E-state index contributed by atoms with van der Waals surface area (Å²) in [5.41, 5.74) is 0.975. The molecule has 152 valence electrons. The molecule has 2 aromatic carbocycles. The molecule has 0 radical (unpaired) electrons. The van der Waals surface area contributed by atoms with E-state index in [9.17, 15) is 14.4 Å². The fourth-order valence-electron chi connectivity index (χ4n) is 2.65. The monoisotopic (exact) mass is 417 g/mol. The summed E-state index contributed by atoms with van der Waals surface area (Å²) in [6.07, 6.45) is 0.663. The van der Waals surface area contributed by atoms with Gasteiger partial charge in [0.15, 0.2) is 23.9 Å². The first-order valence-corrected chi connectivity index (χ1v) is 9.53. The van der Waals surface area contributed by atoms with E-state index in [1.165, 1.54) is 0 Å². The molecule has 0 aliphatic carbocycles. The van der Waals surface area contributed by atoms with Gasteiger partial charge in [0.2, 0.25) is 0 Å². The van der Waals surface area contributed by atoms with Crippen molar-refractivity contribution in [2.45, 2.75) is 19.3 Å². The molecular weight excluding hydrogens is 398 g/mol. The summed E-state index contributed by atoms with van der Waals surface area (Å²) in [4.78, 5) is 35.8. The second-order valence-electron chi connectivity index (χ2n) is 6.35. The number of hydrogen-bond acceptors (Lipinski definition) is 6. The largest absolute Gasteiger partial charge is 0.490 e. The Hall–Kier alpha value is -3.06. The van der Waals surface area contributed by atoms with Crippen molar-refractivity contribution in [1.82, 2.24) is 0 Å². The molecule has 2 aromatic rings. The number of carbonyl (C=O) groups excluding carboxylic acids is 3. The van der Waals surface area contributed by atoms with Crippen LogP contribution in [-0.2, 0) is 14.3 Å². The molecule has 3 rings (SSSR count). The summed E-state index contributed by atoms with van der Waals surface area (Å²) in [6, 6.07) is 11.5. The van der Waals surface area contributed by atoms with Crippen LogP contribution in [0, 0.1) is 0 Å². The van der Waals surface area contributed by atoms with Gasteiger partial charge in [0.1, 0.15) is 0 Å². The maximum atomic E-state index is 12.0. The Bertz CT molecular complexity index is 897. The third-order valence-corrected chi connectivity index (χ3v) is 4.37. The van der Waals surface area contributed by atoms with Crippen molar-refractivity contribution in [2.75, 3.05) is 25.1 Å². The summed E-state index contributed by atoms with van der Waals surface area (Å²) in [5.74, 6) is -0.136. The molecule has 8 heteroatoms. The second kappa shape index (κ2) is 9.93. The predicted octanol–water partition coefficient (Wildman–Crippen LogP) is 3.65. The number of nitrogens with one attached hydrogen (secondary N) is 1. The molecule has 0 saturated carbocycles. The van der Waals surface area contributed by atoms with Gasteiger partial charge in [-0.25, -0.2) is 0 Å². The quantitative estimate of drug-likeness (QED) is 0.546. The van der Waals surface area contributed by atoms with Crippen molar-refractivity contribution < 1.29 is 28.6 Å². The zero-order chi connectivity index (χ0) is 20.6. The van der Waals surface area contributed by atoms with E-state index in [1.54, 1.807) is 42.5 Å². The Morgan fingerprint density at radius 2 is 1.69 bits per heavy atom. The first kappa shape index (κ1) is 20.7. The minimum atomic E-state index is -0.624. The van der Waals surface area contributed by atoms with E-state index in [-0.39, 0.29) is 18.6 Å². The molecule has 1 N–H and O–H groups in total. The smallest absolute Gasteiger partial charge is 0.306 e. The van der Waals surface area contributed by atoms with Crippen molar-refractivity contribution >= 4 is 34.9 Å². The van der Waals surface area contributed by atoms with Crippen molar-refractivity contribution in [1.29, 1.82) is 0 Å². The number of Topliss-reactive ketones (excluding diaryl/α,β-unsaturated/α-hetero) is 1. The lowest BCUT2D eigenvalue weighted by atomic mass is 10.1. The minimum Gasteiger partial charge on any atom is -0.490 e. The summed E-state index contributed by atoms with van der Waals surface area (Å²) < 4.78 is 16.0. The minimum absolute atomic E-state index is 0.00968. The normalized spacial score (nSPS) is 12.6. The highest BCUT2D eigenvalue weighted by atomic mass is 35.5. The fraction of sp³-hybridized carbons (Fsp3) is 0.286. The molecule has 1 aliphatic rings. The molecule has 0 fully saturated rings. The topological polar surface area (TPSA) is 90.9 Å². The first-order chi connectivity index (χ1) is 14.0. The molecule has 0 atom stereocenters. The van der Waals surface area contributed by atoms with Gasteiger partial charge in [-0.2, -0.15) is 0 Å². The molecule has 0 bridgehead atoms. The van der Waals surface area contributed by atoms with Crippen LogP contribution in [0.5, 0.6) is 11.5 Å². The van der Waals surface area contributed by atoms with Gasteiger partial charge in [-0.3, -0.25) is 14.4 Å². The van der Waals surface area contributed by atoms with E-state index in [2.05, 4.69) is 5.32 Å². The number of hydrogen-bond donors (Lipinski definition) is 1. The van der Waals surface area contributed by atoms with Crippen LogP contribution in [0.25, 0.3) is 0 Å². The fourth-order valence-corrected chi connectivity index (χ4v) is 2.78. The molecule has 0 saturated heterocycles. The number of halogens is 1. The van der Waals surface area contributed by atoms with Gasteiger partial charge in [-0.1, -0.05) is 11.6 Å². The van der Waals surface area contributed by atoms with E-state index in [0.717, 1.165) is 6.42 Å². The molecule has 0 unspecified atom stereocenters. The van der Waals surface area contributed by atoms with Gasteiger partial charge in [0.25, 0.3) is 5.91 Å². The zero-order valence-corrected chi connectivity index (χ0v) is 16.4. The van der Waals surface area contributed by atoms with E-state index in [0.29, 0.717) is 41.0 Å². The van der Waals surface area contributed by atoms with Crippen molar-refractivity contribution in [3.63, 3.8) is 0 Å². The third-order valence-electron chi connectivity index (χ3n) is 4.12. The second-order valence-corrected chi connectivity index (χ2v) is 6.79. The predicted molar refractivity (Wildman–Crippen MR) is 107 cm³/mol. The average Bonchev–Trinajstić information content (AvgIpc) is 2.96. The van der Waals surface area contributed by atoms with Gasteiger partial charge in [0.05, 0.1) is 19.6 Å². The number of fused-ring (bicyclic) bond motifs is 1. The van der Waals surface area contributed by atoms with Crippen LogP contribution in [0.3, 0.4) is 0 Å². The van der Waals surface area contributed by atoms with Crippen LogP contribution in [0.15, 0.2) is 42.5 Å². The van der Waals surface area contributed by atoms with Gasteiger partial charge in [0, 0.05) is 35.2 Å². The van der Waals surface area contributed by atoms with E-state index in [4.69, 9.17) is 25.8 Å². The lowest BCUT2D eigenvalue weighted by Crippen LogP contribution is -2.21. The van der Waals surface area contributed by atoms with Gasteiger partial charge in [-0.15, -0.1) is 0 Å². The number of esters is 1. The summed E-state index contributed by atoms with van der Waals surface area (Å²) >= 11 is 5.78. The number of benzene rings is 2. The lowest BCUT2D eigenvalue weighted by Gasteiger charge is -2.10. The van der Waals surface area contributed by atoms with Crippen LogP contribution in [0.1, 0.15) is 29.6 Å². The van der Waals surface area contributed by atoms with E-state index < -0.39 is 18.5 Å². The Morgan fingerprint density at radius 3 is 2.45 bits per heavy atom. The summed E-state index contributed by atoms with van der Waals surface area (Å²) in [6.45, 7) is 0.675. The van der Waals surface area contributed by atoms with E-state index >= 15 is 0 Å². The van der Waals surface area contributed by atoms with Gasteiger partial charge < -0.3 is 19.5 Å². The molecular formula is C21H20ClNO6. The summed E-state index contributed by atoms with van der Waals surface area (Å²) in [7, 11) is 0. The Kier molecular flexibility index (Phi) is 7.08. The average molecular weight is 418 g/mol. The maximum Gasteiger partial charge on any atom is 0.306 e. The Labute approximate surface area is 172 Å².